The van der Waals surface area contributed by atoms with Crippen LogP contribution in [0, 0.1) is 0 Å². The average molecular weight is 219 g/mol. The zero-order valence-corrected chi connectivity index (χ0v) is 8.48. The number of aromatic nitrogens is 2. The Balaban J connectivity index is 2.51. The van der Waals surface area contributed by atoms with Gasteiger partial charge in [-0.3, -0.25) is 4.79 Å². The summed E-state index contributed by atoms with van der Waals surface area (Å²) < 4.78 is 0. The van der Waals surface area contributed by atoms with Crippen LogP contribution in [-0.4, -0.2) is 16.3 Å². The highest BCUT2D eigenvalue weighted by atomic mass is 35.5. The van der Waals surface area contributed by atoms with Crippen molar-refractivity contribution >= 4 is 17.9 Å². The van der Waals surface area contributed by atoms with E-state index >= 15 is 0 Å². The third-order valence-corrected chi connectivity index (χ3v) is 2.21. The highest BCUT2D eigenvalue weighted by molar-refractivity contribution is 6.32. The van der Waals surface area contributed by atoms with Crippen molar-refractivity contribution in [3.8, 4) is 11.4 Å². The Labute approximate surface area is 91.8 Å². The van der Waals surface area contributed by atoms with Gasteiger partial charge in [-0.1, -0.05) is 41.9 Å². The van der Waals surface area contributed by atoms with Gasteiger partial charge in [0.2, 0.25) is 0 Å². The SMILES string of the molecule is O=Cc1nc(-c2ccccc2)ncc1Cl. The molecule has 0 aliphatic rings. The molecule has 15 heavy (non-hydrogen) atoms. The second-order valence-electron chi connectivity index (χ2n) is 2.91. The van der Waals surface area contributed by atoms with Crippen molar-refractivity contribution in [2.24, 2.45) is 0 Å². The van der Waals surface area contributed by atoms with E-state index in [1.54, 1.807) is 0 Å². The fourth-order valence-corrected chi connectivity index (χ4v) is 1.32. The van der Waals surface area contributed by atoms with Crippen molar-refractivity contribution in [3.05, 3.63) is 47.2 Å². The van der Waals surface area contributed by atoms with E-state index in [2.05, 4.69) is 9.97 Å². The van der Waals surface area contributed by atoms with Gasteiger partial charge < -0.3 is 0 Å². The molecular formula is C11H7ClN2O. The molecule has 2 aromatic rings. The summed E-state index contributed by atoms with van der Waals surface area (Å²) in [5.41, 5.74) is 1.07. The molecule has 0 aliphatic carbocycles. The third-order valence-electron chi connectivity index (χ3n) is 1.91. The third kappa shape index (κ3) is 2.02. The van der Waals surface area contributed by atoms with Crippen LogP contribution in [0.2, 0.25) is 5.02 Å². The molecule has 0 bridgehead atoms. The zero-order chi connectivity index (χ0) is 10.7. The van der Waals surface area contributed by atoms with Crippen molar-refractivity contribution in [3.63, 3.8) is 0 Å². The summed E-state index contributed by atoms with van der Waals surface area (Å²) in [4.78, 5) is 18.7. The van der Waals surface area contributed by atoms with Gasteiger partial charge >= 0.3 is 0 Å². The normalized spacial score (nSPS) is 9.93. The maximum absolute atomic E-state index is 10.6. The van der Waals surface area contributed by atoms with Gasteiger partial charge in [-0.25, -0.2) is 9.97 Å². The van der Waals surface area contributed by atoms with E-state index in [1.165, 1.54) is 6.20 Å². The predicted octanol–water partition coefficient (Wildman–Crippen LogP) is 2.61. The van der Waals surface area contributed by atoms with Gasteiger partial charge in [0.1, 0.15) is 5.69 Å². The molecule has 1 aromatic heterocycles. The number of carbonyl (C=O) groups is 1. The first-order valence-electron chi connectivity index (χ1n) is 4.34. The Morgan fingerprint density at radius 2 is 1.93 bits per heavy atom. The van der Waals surface area contributed by atoms with Crippen molar-refractivity contribution in [2.75, 3.05) is 0 Å². The van der Waals surface area contributed by atoms with E-state index < -0.39 is 0 Å². The lowest BCUT2D eigenvalue weighted by atomic mass is 10.2. The topological polar surface area (TPSA) is 42.9 Å². The van der Waals surface area contributed by atoms with E-state index in [4.69, 9.17) is 11.6 Å². The van der Waals surface area contributed by atoms with Crippen LogP contribution >= 0.6 is 11.6 Å². The van der Waals surface area contributed by atoms with Gasteiger partial charge in [-0.2, -0.15) is 0 Å². The summed E-state index contributed by atoms with van der Waals surface area (Å²) in [6, 6.07) is 9.41. The minimum absolute atomic E-state index is 0.213. The van der Waals surface area contributed by atoms with Crippen molar-refractivity contribution in [1.82, 2.24) is 9.97 Å². The molecule has 0 unspecified atom stereocenters. The molecule has 2 rings (SSSR count). The number of rotatable bonds is 2. The van der Waals surface area contributed by atoms with Gasteiger partial charge in [0.15, 0.2) is 12.1 Å². The van der Waals surface area contributed by atoms with Gasteiger partial charge in [0.25, 0.3) is 0 Å². The molecule has 1 aromatic carbocycles. The number of hydrogen-bond donors (Lipinski definition) is 0. The van der Waals surface area contributed by atoms with Gasteiger partial charge in [-0.05, 0) is 0 Å². The molecule has 0 radical (unpaired) electrons. The van der Waals surface area contributed by atoms with Crippen molar-refractivity contribution in [2.45, 2.75) is 0 Å². The molecular weight excluding hydrogens is 212 g/mol. The standard InChI is InChI=1S/C11H7ClN2O/c12-9-6-13-11(14-10(9)7-15)8-4-2-1-3-5-8/h1-7H. The van der Waals surface area contributed by atoms with Crippen LogP contribution < -0.4 is 0 Å². The summed E-state index contributed by atoms with van der Waals surface area (Å²) >= 11 is 5.73. The summed E-state index contributed by atoms with van der Waals surface area (Å²) in [6.45, 7) is 0. The smallest absolute Gasteiger partial charge is 0.170 e. The molecule has 3 nitrogen and oxygen atoms in total. The van der Waals surface area contributed by atoms with Crippen LogP contribution in [0.4, 0.5) is 0 Å². The van der Waals surface area contributed by atoms with Gasteiger partial charge in [0, 0.05) is 5.56 Å². The quantitative estimate of drug-likeness (QED) is 0.728. The average Bonchev–Trinajstić information content (AvgIpc) is 2.31. The molecule has 0 spiro atoms. The van der Waals surface area contributed by atoms with Crippen LogP contribution in [0.3, 0.4) is 0 Å². The molecule has 0 fully saturated rings. The molecule has 0 aliphatic heterocycles. The predicted molar refractivity (Wildman–Crippen MR) is 57.9 cm³/mol. The summed E-state index contributed by atoms with van der Waals surface area (Å²) in [5, 5.41) is 0.268. The zero-order valence-electron chi connectivity index (χ0n) is 7.72. The summed E-state index contributed by atoms with van der Waals surface area (Å²) in [5.74, 6) is 0.502. The maximum Gasteiger partial charge on any atom is 0.170 e. The highest BCUT2D eigenvalue weighted by Crippen LogP contribution is 2.17. The number of benzene rings is 1. The Bertz CT molecular complexity index is 485. The first-order valence-corrected chi connectivity index (χ1v) is 4.72. The van der Waals surface area contributed by atoms with Crippen molar-refractivity contribution < 1.29 is 4.79 Å². The molecule has 0 atom stereocenters. The van der Waals surface area contributed by atoms with E-state index in [0.717, 1.165) is 5.56 Å². The molecule has 0 saturated heterocycles. The van der Waals surface area contributed by atoms with Crippen LogP contribution in [0.25, 0.3) is 11.4 Å². The summed E-state index contributed by atoms with van der Waals surface area (Å²) in [7, 11) is 0. The van der Waals surface area contributed by atoms with E-state index in [-0.39, 0.29) is 10.7 Å². The highest BCUT2D eigenvalue weighted by Gasteiger charge is 2.05. The largest absolute Gasteiger partial charge is 0.296 e. The van der Waals surface area contributed by atoms with Crippen molar-refractivity contribution in [1.29, 1.82) is 0 Å². The monoisotopic (exact) mass is 218 g/mol. The Kier molecular flexibility index (Phi) is 2.74. The van der Waals surface area contributed by atoms with Gasteiger partial charge in [0.05, 0.1) is 11.2 Å². The summed E-state index contributed by atoms with van der Waals surface area (Å²) in [6.07, 6.45) is 2.05. The fraction of sp³-hybridized carbons (Fsp3) is 0. The second kappa shape index (κ2) is 4.19. The Hall–Kier alpha value is -1.74. The molecule has 0 saturated carbocycles. The van der Waals surface area contributed by atoms with E-state index in [9.17, 15) is 4.79 Å². The van der Waals surface area contributed by atoms with Crippen LogP contribution in [-0.2, 0) is 0 Å². The number of hydrogen-bond acceptors (Lipinski definition) is 3. The minimum atomic E-state index is 0.213. The maximum atomic E-state index is 10.6. The first-order chi connectivity index (χ1) is 7.31. The Morgan fingerprint density at radius 1 is 1.20 bits per heavy atom. The lowest BCUT2D eigenvalue weighted by molar-refractivity contribution is 0.111. The van der Waals surface area contributed by atoms with E-state index in [0.29, 0.717) is 12.1 Å². The van der Waals surface area contributed by atoms with Crippen LogP contribution in [0.15, 0.2) is 36.5 Å². The van der Waals surface area contributed by atoms with E-state index in [1.807, 2.05) is 30.3 Å². The molecule has 4 heteroatoms. The lowest BCUT2D eigenvalue weighted by Crippen LogP contribution is -1.94. The molecule has 0 amide bonds. The molecule has 0 N–H and O–H groups in total. The second-order valence-corrected chi connectivity index (χ2v) is 3.32. The fourth-order valence-electron chi connectivity index (χ4n) is 1.19. The van der Waals surface area contributed by atoms with Gasteiger partial charge in [-0.15, -0.1) is 0 Å². The first kappa shape index (κ1) is 9.80. The number of nitrogens with zero attached hydrogens (tertiary/aromatic N) is 2. The molecule has 74 valence electrons. The Morgan fingerprint density at radius 3 is 2.60 bits per heavy atom. The number of aldehydes is 1. The molecule has 1 heterocycles. The van der Waals surface area contributed by atoms with Crippen LogP contribution in [0.1, 0.15) is 10.5 Å². The van der Waals surface area contributed by atoms with Crippen LogP contribution in [0.5, 0.6) is 0 Å². The number of halogens is 1. The minimum Gasteiger partial charge on any atom is -0.296 e. The number of carbonyl (C=O) groups excluding carboxylic acids is 1. The lowest BCUT2D eigenvalue weighted by Gasteiger charge is -2.00.